The molecule has 2 aliphatic rings. The highest BCUT2D eigenvalue weighted by atomic mass is 35.5. The van der Waals surface area contributed by atoms with Crippen LogP contribution in [0.2, 0.25) is 5.02 Å². The number of nitrogens with zero attached hydrogens (tertiary/aromatic N) is 2. The van der Waals surface area contributed by atoms with Crippen molar-refractivity contribution in [2.75, 3.05) is 39.9 Å². The second-order valence-electron chi connectivity index (χ2n) is 13.5. The number of fused-ring (bicyclic) bond motifs is 1. The van der Waals surface area contributed by atoms with Crippen molar-refractivity contribution in [3.63, 3.8) is 0 Å². The lowest BCUT2D eigenvalue weighted by atomic mass is 9.89. The van der Waals surface area contributed by atoms with Crippen molar-refractivity contribution >= 4 is 17.6 Å². The highest BCUT2D eigenvalue weighted by Gasteiger charge is 2.35. The van der Waals surface area contributed by atoms with Crippen molar-refractivity contribution in [2.24, 2.45) is 5.92 Å². The molecule has 0 aromatic heterocycles. The SMILES string of the molecule is CCOc1cc(O[C@H]2CCc3c(-c4cccc(OCCCN5CCC5(C)C)c4C)cccc32)c(Cl)cc1CN(C)CC(C)C(=O)O. The smallest absolute Gasteiger partial charge is 0.307 e. The fourth-order valence-electron chi connectivity index (χ4n) is 6.76. The molecule has 1 aliphatic heterocycles. The first kappa shape index (κ1) is 34.1. The van der Waals surface area contributed by atoms with Crippen LogP contribution in [0.1, 0.15) is 75.3 Å². The Morgan fingerprint density at radius 3 is 2.57 bits per heavy atom. The minimum Gasteiger partial charge on any atom is -0.493 e. The van der Waals surface area contributed by atoms with Gasteiger partial charge in [0.25, 0.3) is 0 Å². The van der Waals surface area contributed by atoms with E-state index in [4.69, 9.17) is 25.8 Å². The highest BCUT2D eigenvalue weighted by Crippen LogP contribution is 2.44. The molecular weight excluding hydrogens is 600 g/mol. The van der Waals surface area contributed by atoms with Crippen molar-refractivity contribution in [2.45, 2.75) is 78.5 Å². The molecule has 0 spiro atoms. The van der Waals surface area contributed by atoms with Crippen molar-refractivity contribution in [1.82, 2.24) is 9.80 Å². The molecule has 0 saturated carbocycles. The molecule has 1 fully saturated rings. The van der Waals surface area contributed by atoms with E-state index in [1.54, 1.807) is 6.92 Å². The summed E-state index contributed by atoms with van der Waals surface area (Å²) in [5.74, 6) is 0.948. The molecule has 2 atom stereocenters. The fourth-order valence-corrected chi connectivity index (χ4v) is 6.99. The van der Waals surface area contributed by atoms with Crippen LogP contribution in [-0.4, -0.2) is 66.3 Å². The summed E-state index contributed by atoms with van der Waals surface area (Å²) < 4.78 is 18.9. The third-order valence-corrected chi connectivity index (χ3v) is 9.90. The Morgan fingerprint density at radius 1 is 1.11 bits per heavy atom. The molecule has 0 amide bonds. The van der Waals surface area contributed by atoms with Gasteiger partial charge >= 0.3 is 5.97 Å². The first-order valence-corrected chi connectivity index (χ1v) is 17.0. The molecule has 0 radical (unpaired) electrons. The van der Waals surface area contributed by atoms with Gasteiger partial charge in [-0.05, 0) is 100 Å². The van der Waals surface area contributed by atoms with E-state index in [0.29, 0.717) is 48.4 Å². The maximum atomic E-state index is 11.3. The van der Waals surface area contributed by atoms with Crippen LogP contribution in [0, 0.1) is 12.8 Å². The number of halogens is 1. The summed E-state index contributed by atoms with van der Waals surface area (Å²) in [7, 11) is 1.90. The van der Waals surface area contributed by atoms with Crippen molar-refractivity contribution < 1.29 is 24.1 Å². The van der Waals surface area contributed by atoms with Crippen molar-refractivity contribution in [3.8, 4) is 28.4 Å². The largest absolute Gasteiger partial charge is 0.493 e. The number of ether oxygens (including phenoxy) is 3. The van der Waals surface area contributed by atoms with Gasteiger partial charge in [-0.2, -0.15) is 0 Å². The molecule has 7 nitrogen and oxygen atoms in total. The van der Waals surface area contributed by atoms with Gasteiger partial charge in [0.05, 0.1) is 24.2 Å². The predicted octanol–water partition coefficient (Wildman–Crippen LogP) is 8.19. The van der Waals surface area contributed by atoms with Gasteiger partial charge in [0, 0.05) is 43.3 Å². The zero-order chi connectivity index (χ0) is 33.0. The number of carboxylic acid groups (broad SMARTS) is 1. The Morgan fingerprint density at radius 2 is 1.87 bits per heavy atom. The molecule has 8 heteroatoms. The average molecular weight is 649 g/mol. The summed E-state index contributed by atoms with van der Waals surface area (Å²) in [5, 5.41) is 9.83. The zero-order valence-electron chi connectivity index (χ0n) is 28.2. The maximum Gasteiger partial charge on any atom is 0.307 e. The molecule has 3 aromatic carbocycles. The number of carboxylic acids is 1. The lowest BCUT2D eigenvalue weighted by Gasteiger charge is -2.48. The van der Waals surface area contributed by atoms with E-state index >= 15 is 0 Å². The van der Waals surface area contributed by atoms with Gasteiger partial charge in [0.15, 0.2) is 0 Å². The van der Waals surface area contributed by atoms with Gasteiger partial charge < -0.3 is 24.2 Å². The van der Waals surface area contributed by atoms with Gasteiger partial charge in [-0.25, -0.2) is 0 Å². The third kappa shape index (κ3) is 7.64. The van der Waals surface area contributed by atoms with Crippen LogP contribution >= 0.6 is 11.6 Å². The van der Waals surface area contributed by atoms with Crippen LogP contribution < -0.4 is 14.2 Å². The lowest BCUT2D eigenvalue weighted by Crippen LogP contribution is -2.55. The zero-order valence-corrected chi connectivity index (χ0v) is 29.0. The van der Waals surface area contributed by atoms with Crippen LogP contribution in [0.5, 0.6) is 17.2 Å². The summed E-state index contributed by atoms with van der Waals surface area (Å²) in [6.45, 7) is 14.8. The van der Waals surface area contributed by atoms with E-state index in [0.717, 1.165) is 42.7 Å². The Kier molecular flexibility index (Phi) is 10.9. The van der Waals surface area contributed by atoms with E-state index in [1.807, 2.05) is 31.0 Å². The number of aliphatic carboxylic acids is 1. The number of rotatable bonds is 15. The highest BCUT2D eigenvalue weighted by molar-refractivity contribution is 6.32. The Balaban J connectivity index is 1.30. The molecule has 1 saturated heterocycles. The Bertz CT molecular complexity index is 1540. The van der Waals surface area contributed by atoms with Gasteiger partial charge in [-0.1, -0.05) is 48.9 Å². The number of carbonyl (C=O) groups is 1. The monoisotopic (exact) mass is 648 g/mol. The topological polar surface area (TPSA) is 71.5 Å². The van der Waals surface area contributed by atoms with Gasteiger partial charge in [-0.3, -0.25) is 9.69 Å². The molecule has 1 heterocycles. The maximum absolute atomic E-state index is 11.3. The molecule has 46 heavy (non-hydrogen) atoms. The number of benzene rings is 3. The molecule has 248 valence electrons. The number of hydrogen-bond donors (Lipinski definition) is 1. The third-order valence-electron chi connectivity index (χ3n) is 9.60. The molecule has 1 unspecified atom stereocenters. The molecule has 0 bridgehead atoms. The van der Waals surface area contributed by atoms with Crippen LogP contribution in [0.4, 0.5) is 0 Å². The quantitative estimate of drug-likeness (QED) is 0.167. The van der Waals surface area contributed by atoms with Crippen LogP contribution in [0.3, 0.4) is 0 Å². The molecular formula is C38H49ClN2O5. The standard InChI is InChI=1S/C38H49ClN2O5/c1-7-44-35-22-36(32(39)21-27(35)24-40(6)23-25(2)37(42)43)46-34-16-15-30-29(12-8-13-31(30)34)28-11-9-14-33(26(28)3)45-20-10-18-41-19-17-38(41,4)5/h8-9,11-14,21-22,25,34H,7,10,15-20,23-24H2,1-6H3,(H,42,43)/t25?,34-/m0/s1. The van der Waals surface area contributed by atoms with Crippen LogP contribution in [0.15, 0.2) is 48.5 Å². The van der Waals surface area contributed by atoms with E-state index in [2.05, 4.69) is 62.1 Å². The Hall–Kier alpha value is -3.26. The second kappa shape index (κ2) is 14.7. The minimum absolute atomic E-state index is 0.127. The van der Waals surface area contributed by atoms with E-state index in [9.17, 15) is 9.90 Å². The molecule has 1 aliphatic carbocycles. The van der Waals surface area contributed by atoms with Gasteiger partial charge in [0.2, 0.25) is 0 Å². The first-order valence-electron chi connectivity index (χ1n) is 16.6. The van der Waals surface area contributed by atoms with Crippen LogP contribution in [-0.2, 0) is 17.8 Å². The summed E-state index contributed by atoms with van der Waals surface area (Å²) in [6, 6.07) is 16.6. The number of hydrogen-bond acceptors (Lipinski definition) is 6. The summed E-state index contributed by atoms with van der Waals surface area (Å²) in [6.07, 6.45) is 3.92. The molecule has 1 N–H and O–H groups in total. The van der Waals surface area contributed by atoms with Gasteiger partial charge in [0.1, 0.15) is 23.4 Å². The van der Waals surface area contributed by atoms with E-state index in [1.165, 1.54) is 35.2 Å². The van der Waals surface area contributed by atoms with E-state index < -0.39 is 11.9 Å². The van der Waals surface area contributed by atoms with Crippen molar-refractivity contribution in [1.29, 1.82) is 0 Å². The Labute approximate surface area is 279 Å². The summed E-state index contributed by atoms with van der Waals surface area (Å²) in [5.41, 5.74) is 7.29. The van der Waals surface area contributed by atoms with Gasteiger partial charge in [-0.15, -0.1) is 0 Å². The summed E-state index contributed by atoms with van der Waals surface area (Å²) >= 11 is 6.80. The van der Waals surface area contributed by atoms with Crippen molar-refractivity contribution in [3.05, 3.63) is 75.8 Å². The summed E-state index contributed by atoms with van der Waals surface area (Å²) in [4.78, 5) is 15.8. The first-order chi connectivity index (χ1) is 22.0. The molecule has 5 rings (SSSR count). The minimum atomic E-state index is -0.813. The van der Waals surface area contributed by atoms with Crippen LogP contribution in [0.25, 0.3) is 11.1 Å². The number of likely N-dealkylation sites (tertiary alicyclic amines) is 1. The van der Waals surface area contributed by atoms with E-state index in [-0.39, 0.29) is 6.10 Å². The second-order valence-corrected chi connectivity index (χ2v) is 13.9. The lowest BCUT2D eigenvalue weighted by molar-refractivity contribution is -0.141. The normalized spacial score (nSPS) is 17.8. The predicted molar refractivity (Wildman–Crippen MR) is 184 cm³/mol. The fraction of sp³-hybridized carbons (Fsp3) is 0.500. The average Bonchev–Trinajstić information content (AvgIpc) is 3.42. The molecule has 3 aromatic rings.